The van der Waals surface area contributed by atoms with Gasteiger partial charge in [0.25, 0.3) is 0 Å². The van der Waals surface area contributed by atoms with Crippen LogP contribution in [-0.2, 0) is 4.79 Å². The van der Waals surface area contributed by atoms with Crippen LogP contribution < -0.4 is 0 Å². The predicted octanol–water partition coefficient (Wildman–Crippen LogP) is 1.86. The number of aliphatic carboxylic acids is 1. The van der Waals surface area contributed by atoms with Crippen molar-refractivity contribution in [1.82, 2.24) is 4.90 Å². The van der Waals surface area contributed by atoms with Gasteiger partial charge in [-0.25, -0.2) is 0 Å². The van der Waals surface area contributed by atoms with Crippen molar-refractivity contribution in [2.24, 2.45) is 0 Å². The summed E-state index contributed by atoms with van der Waals surface area (Å²) in [5.74, 6) is 1.44. The van der Waals surface area contributed by atoms with E-state index in [0.717, 1.165) is 11.1 Å². The maximum atomic E-state index is 11.2. The van der Waals surface area contributed by atoms with Gasteiger partial charge in [-0.05, 0) is 24.6 Å². The second kappa shape index (κ2) is 4.60. The number of carboxylic acid groups (broad SMARTS) is 1. The molecule has 2 atom stereocenters. The predicted molar refractivity (Wildman–Crippen MR) is 65.6 cm³/mol. The Bertz CT molecular complexity index is 475. The van der Waals surface area contributed by atoms with E-state index in [4.69, 9.17) is 6.42 Å². The van der Waals surface area contributed by atoms with Gasteiger partial charge in [0.15, 0.2) is 0 Å². The van der Waals surface area contributed by atoms with Crippen LogP contribution in [0.25, 0.3) is 0 Å². The van der Waals surface area contributed by atoms with E-state index in [2.05, 4.69) is 5.92 Å². The van der Waals surface area contributed by atoms with Gasteiger partial charge in [0, 0.05) is 6.04 Å². The number of carboxylic acids is 1. The van der Waals surface area contributed by atoms with Crippen molar-refractivity contribution in [3.8, 4) is 12.3 Å². The molecule has 0 aliphatic heterocycles. The van der Waals surface area contributed by atoms with Crippen molar-refractivity contribution in [2.45, 2.75) is 18.4 Å². The number of benzene rings is 1. The number of fused-ring (bicyclic) bond motifs is 1. The Hall–Kier alpha value is -1.79. The monoisotopic (exact) mass is 229 g/mol. The van der Waals surface area contributed by atoms with E-state index in [-0.39, 0.29) is 6.04 Å². The molecule has 0 heterocycles. The highest BCUT2D eigenvalue weighted by atomic mass is 16.4. The molecule has 0 bridgehead atoms. The normalized spacial score (nSPS) is 22.2. The van der Waals surface area contributed by atoms with Crippen molar-refractivity contribution in [3.63, 3.8) is 0 Å². The van der Waals surface area contributed by atoms with Crippen LogP contribution in [0.1, 0.15) is 29.5 Å². The van der Waals surface area contributed by atoms with E-state index in [1.165, 1.54) is 0 Å². The molecule has 0 saturated heterocycles. The Morgan fingerprint density at radius 1 is 1.53 bits per heavy atom. The molecule has 1 aliphatic carbocycles. The molecule has 0 saturated carbocycles. The van der Waals surface area contributed by atoms with Gasteiger partial charge in [0.2, 0.25) is 0 Å². The van der Waals surface area contributed by atoms with Gasteiger partial charge >= 0.3 is 5.97 Å². The topological polar surface area (TPSA) is 40.5 Å². The highest BCUT2D eigenvalue weighted by molar-refractivity contribution is 5.78. The lowest BCUT2D eigenvalue weighted by molar-refractivity contribution is -0.139. The summed E-state index contributed by atoms with van der Waals surface area (Å²) in [6, 6.07) is 7.84. The summed E-state index contributed by atoms with van der Waals surface area (Å²) in [4.78, 5) is 13.3. The van der Waals surface area contributed by atoms with Gasteiger partial charge in [0.05, 0.1) is 12.5 Å². The number of carbonyl (C=O) groups is 1. The molecule has 1 aromatic carbocycles. The summed E-state index contributed by atoms with van der Waals surface area (Å²) in [7, 11) is 1.94. The van der Waals surface area contributed by atoms with Gasteiger partial charge in [-0.3, -0.25) is 9.69 Å². The lowest BCUT2D eigenvalue weighted by atomic mass is 10.0. The molecule has 88 valence electrons. The summed E-state index contributed by atoms with van der Waals surface area (Å²) < 4.78 is 0. The number of terminal acetylenes is 1. The van der Waals surface area contributed by atoms with Crippen LogP contribution in [0.15, 0.2) is 24.3 Å². The SMILES string of the molecule is C#CCN(C)C1CC(C(=O)O)c2ccccc21. The average Bonchev–Trinajstić information content (AvgIpc) is 2.69. The smallest absolute Gasteiger partial charge is 0.311 e. The summed E-state index contributed by atoms with van der Waals surface area (Å²) >= 11 is 0. The van der Waals surface area contributed by atoms with E-state index in [1.54, 1.807) is 0 Å². The van der Waals surface area contributed by atoms with Crippen molar-refractivity contribution >= 4 is 5.97 Å². The van der Waals surface area contributed by atoms with Crippen molar-refractivity contribution in [2.75, 3.05) is 13.6 Å². The van der Waals surface area contributed by atoms with E-state index in [1.807, 2.05) is 36.2 Å². The van der Waals surface area contributed by atoms with E-state index < -0.39 is 11.9 Å². The third-order valence-corrected chi connectivity index (χ3v) is 3.36. The molecule has 3 heteroatoms. The number of rotatable bonds is 3. The summed E-state index contributed by atoms with van der Waals surface area (Å²) in [5, 5.41) is 9.23. The third kappa shape index (κ3) is 2.04. The minimum absolute atomic E-state index is 0.114. The quantitative estimate of drug-likeness (QED) is 0.804. The molecule has 0 amide bonds. The first-order chi connectivity index (χ1) is 8.15. The maximum absolute atomic E-state index is 11.2. The summed E-state index contributed by atoms with van der Waals surface area (Å²) in [6.45, 7) is 0.533. The summed E-state index contributed by atoms with van der Waals surface area (Å²) in [6.07, 6.45) is 5.91. The Balaban J connectivity index is 2.35. The summed E-state index contributed by atoms with van der Waals surface area (Å²) in [5.41, 5.74) is 2.02. The fourth-order valence-electron chi connectivity index (χ4n) is 2.51. The molecule has 0 fully saturated rings. The molecular weight excluding hydrogens is 214 g/mol. The minimum atomic E-state index is -0.756. The number of nitrogens with zero attached hydrogens (tertiary/aromatic N) is 1. The Labute approximate surface area is 101 Å². The zero-order valence-corrected chi connectivity index (χ0v) is 9.76. The molecular formula is C14H15NO2. The van der Waals surface area contributed by atoms with Gasteiger partial charge < -0.3 is 5.11 Å². The third-order valence-electron chi connectivity index (χ3n) is 3.36. The maximum Gasteiger partial charge on any atom is 0.311 e. The molecule has 0 aromatic heterocycles. The highest BCUT2D eigenvalue weighted by Crippen LogP contribution is 2.42. The first kappa shape index (κ1) is 11.7. The fourth-order valence-corrected chi connectivity index (χ4v) is 2.51. The molecule has 3 nitrogen and oxygen atoms in total. The Kier molecular flexibility index (Phi) is 3.16. The second-order valence-corrected chi connectivity index (χ2v) is 4.39. The van der Waals surface area contributed by atoms with Crippen molar-refractivity contribution < 1.29 is 9.90 Å². The Morgan fingerprint density at radius 2 is 2.18 bits per heavy atom. The van der Waals surface area contributed by atoms with Gasteiger partial charge in [-0.2, -0.15) is 0 Å². The van der Waals surface area contributed by atoms with Crippen LogP contribution in [0.4, 0.5) is 0 Å². The largest absolute Gasteiger partial charge is 0.481 e. The van der Waals surface area contributed by atoms with E-state index >= 15 is 0 Å². The molecule has 1 aliphatic rings. The zero-order chi connectivity index (χ0) is 12.4. The zero-order valence-electron chi connectivity index (χ0n) is 9.76. The molecule has 1 aromatic rings. The molecule has 2 rings (SSSR count). The van der Waals surface area contributed by atoms with Crippen LogP contribution in [0.2, 0.25) is 0 Å². The standard InChI is InChI=1S/C14H15NO2/c1-3-8-15(2)13-9-12(14(16)17)10-6-4-5-7-11(10)13/h1,4-7,12-13H,8-9H2,2H3,(H,16,17). The fraction of sp³-hybridized carbons (Fsp3) is 0.357. The van der Waals surface area contributed by atoms with E-state index in [0.29, 0.717) is 13.0 Å². The lowest BCUT2D eigenvalue weighted by Gasteiger charge is -2.22. The van der Waals surface area contributed by atoms with E-state index in [9.17, 15) is 9.90 Å². The number of hydrogen-bond donors (Lipinski definition) is 1. The molecule has 0 radical (unpaired) electrons. The lowest BCUT2D eigenvalue weighted by Crippen LogP contribution is -2.23. The molecule has 1 N–H and O–H groups in total. The van der Waals surface area contributed by atoms with Crippen LogP contribution in [0, 0.1) is 12.3 Å². The average molecular weight is 229 g/mol. The van der Waals surface area contributed by atoms with Gasteiger partial charge in [0.1, 0.15) is 0 Å². The van der Waals surface area contributed by atoms with Crippen LogP contribution in [-0.4, -0.2) is 29.6 Å². The van der Waals surface area contributed by atoms with Crippen LogP contribution >= 0.6 is 0 Å². The number of hydrogen-bond acceptors (Lipinski definition) is 2. The van der Waals surface area contributed by atoms with Gasteiger partial charge in [-0.1, -0.05) is 30.2 Å². The first-order valence-electron chi connectivity index (χ1n) is 5.60. The Morgan fingerprint density at radius 3 is 2.76 bits per heavy atom. The van der Waals surface area contributed by atoms with Crippen molar-refractivity contribution in [1.29, 1.82) is 0 Å². The van der Waals surface area contributed by atoms with Crippen LogP contribution in [0.3, 0.4) is 0 Å². The first-order valence-corrected chi connectivity index (χ1v) is 5.60. The molecule has 2 unspecified atom stereocenters. The minimum Gasteiger partial charge on any atom is -0.481 e. The van der Waals surface area contributed by atoms with Gasteiger partial charge in [-0.15, -0.1) is 6.42 Å². The second-order valence-electron chi connectivity index (χ2n) is 4.39. The van der Waals surface area contributed by atoms with Crippen molar-refractivity contribution in [3.05, 3.63) is 35.4 Å². The molecule has 0 spiro atoms. The van der Waals surface area contributed by atoms with Crippen LogP contribution in [0.5, 0.6) is 0 Å². The highest BCUT2D eigenvalue weighted by Gasteiger charge is 2.36. The molecule has 17 heavy (non-hydrogen) atoms.